The Kier molecular flexibility index (Phi) is 5.88. The van der Waals surface area contributed by atoms with Crippen LogP contribution in [0.2, 0.25) is 0 Å². The van der Waals surface area contributed by atoms with Crippen molar-refractivity contribution < 1.29 is 36.9 Å². The molecular formula is C21H19F4N5O5S. The van der Waals surface area contributed by atoms with Gasteiger partial charge in [-0.25, -0.2) is 18.7 Å². The van der Waals surface area contributed by atoms with Gasteiger partial charge in [0.25, 0.3) is 11.5 Å². The molecule has 0 aliphatic carbocycles. The molecule has 5 rings (SSSR count). The first-order chi connectivity index (χ1) is 17.0. The number of aliphatic hydroxyl groups excluding tert-OH is 1. The second-order valence-electron chi connectivity index (χ2n) is 8.44. The summed E-state index contributed by atoms with van der Waals surface area (Å²) < 4.78 is 65.3. The van der Waals surface area contributed by atoms with Crippen LogP contribution < -0.4 is 20.3 Å². The molecule has 15 heteroatoms. The number of ether oxygens (including phenoxy) is 2. The molecule has 3 N–H and O–H groups in total. The van der Waals surface area contributed by atoms with Crippen molar-refractivity contribution in [2.75, 3.05) is 18.4 Å². The summed E-state index contributed by atoms with van der Waals surface area (Å²) in [5.74, 6) is -5.38. The molecule has 10 nitrogen and oxygen atoms in total. The minimum atomic E-state index is -3.76. The Morgan fingerprint density at radius 2 is 2.03 bits per heavy atom. The Morgan fingerprint density at radius 1 is 1.31 bits per heavy atom. The van der Waals surface area contributed by atoms with Gasteiger partial charge in [-0.05, 0) is 6.92 Å². The lowest BCUT2D eigenvalue weighted by atomic mass is 9.89. The summed E-state index contributed by atoms with van der Waals surface area (Å²) in [7, 11) is 0. The largest absolute Gasteiger partial charge is 0.586 e. The number of halogens is 4. The van der Waals surface area contributed by atoms with E-state index in [1.807, 2.05) is 0 Å². The minimum Gasteiger partial charge on any atom is -0.395 e. The zero-order valence-corrected chi connectivity index (χ0v) is 19.4. The van der Waals surface area contributed by atoms with Gasteiger partial charge in [-0.1, -0.05) is 11.3 Å². The van der Waals surface area contributed by atoms with Crippen molar-refractivity contribution in [2.24, 2.45) is 0 Å². The Morgan fingerprint density at radius 3 is 2.75 bits per heavy atom. The zero-order valence-electron chi connectivity index (χ0n) is 18.6. The van der Waals surface area contributed by atoms with Gasteiger partial charge in [0.05, 0.1) is 34.5 Å². The van der Waals surface area contributed by atoms with Crippen LogP contribution >= 0.6 is 11.3 Å². The summed E-state index contributed by atoms with van der Waals surface area (Å²) in [6.45, 7) is 0.571. The number of piperidine rings is 1. The molecule has 4 heterocycles. The Bertz CT molecular complexity index is 1350. The van der Waals surface area contributed by atoms with E-state index in [1.54, 1.807) is 11.8 Å². The van der Waals surface area contributed by atoms with Crippen molar-refractivity contribution in [1.82, 2.24) is 19.9 Å². The Labute approximate surface area is 203 Å². The maximum absolute atomic E-state index is 14.7. The van der Waals surface area contributed by atoms with Gasteiger partial charge in [0.15, 0.2) is 16.6 Å². The molecule has 1 fully saturated rings. The number of likely N-dealkylation sites (tertiary alicyclic amines) is 1. The molecule has 192 valence electrons. The fourth-order valence-corrected chi connectivity index (χ4v) is 5.02. The van der Waals surface area contributed by atoms with Gasteiger partial charge in [0.2, 0.25) is 5.91 Å². The number of alkyl halides is 4. The quantitative estimate of drug-likeness (QED) is 0.431. The van der Waals surface area contributed by atoms with Crippen molar-refractivity contribution in [3.05, 3.63) is 40.1 Å². The topological polar surface area (TPSA) is 130 Å². The van der Waals surface area contributed by atoms with E-state index in [0.717, 1.165) is 17.5 Å². The van der Waals surface area contributed by atoms with Crippen molar-refractivity contribution in [3.63, 3.8) is 0 Å². The third kappa shape index (κ3) is 4.49. The minimum absolute atomic E-state index is 0.0657. The van der Waals surface area contributed by atoms with Gasteiger partial charge in [-0.15, -0.1) is 8.78 Å². The van der Waals surface area contributed by atoms with Crippen LogP contribution in [0.1, 0.15) is 30.7 Å². The van der Waals surface area contributed by atoms with E-state index >= 15 is 0 Å². The highest BCUT2D eigenvalue weighted by atomic mass is 32.1. The first-order valence-corrected chi connectivity index (χ1v) is 11.6. The number of hydrogen-bond donors (Lipinski definition) is 3. The van der Waals surface area contributed by atoms with Crippen LogP contribution in [-0.2, 0) is 11.4 Å². The molecule has 1 saturated heterocycles. The first kappa shape index (κ1) is 24.4. The van der Waals surface area contributed by atoms with E-state index < -0.39 is 48.7 Å². The van der Waals surface area contributed by atoms with Crippen LogP contribution in [0.3, 0.4) is 0 Å². The molecule has 0 radical (unpaired) electrons. The maximum Gasteiger partial charge on any atom is 0.586 e. The number of amides is 1. The van der Waals surface area contributed by atoms with Crippen molar-refractivity contribution in [2.45, 2.75) is 44.1 Å². The smallest absolute Gasteiger partial charge is 0.395 e. The van der Waals surface area contributed by atoms with Gasteiger partial charge in [-0.3, -0.25) is 14.5 Å². The molecule has 1 aromatic carbocycles. The predicted octanol–water partition coefficient (Wildman–Crippen LogP) is 2.65. The monoisotopic (exact) mass is 529 g/mol. The van der Waals surface area contributed by atoms with E-state index in [0.29, 0.717) is 10.2 Å². The number of benzene rings is 1. The first-order valence-electron chi connectivity index (χ1n) is 10.8. The van der Waals surface area contributed by atoms with Gasteiger partial charge in [-0.2, -0.15) is 0 Å². The van der Waals surface area contributed by atoms with Crippen LogP contribution in [-0.4, -0.2) is 62.2 Å². The maximum atomic E-state index is 14.7. The number of thiazole rings is 1. The molecule has 1 amide bonds. The molecule has 0 unspecified atom stereocenters. The molecule has 2 aromatic heterocycles. The lowest BCUT2D eigenvalue weighted by Gasteiger charge is -2.40. The second-order valence-corrected chi connectivity index (χ2v) is 9.47. The van der Waals surface area contributed by atoms with E-state index in [-0.39, 0.29) is 41.1 Å². The third-order valence-corrected chi connectivity index (χ3v) is 7.05. The number of aromatic nitrogens is 3. The number of carbonyl (C=O) groups excluding carboxylic acids is 1. The molecule has 2 aliphatic heterocycles. The summed E-state index contributed by atoms with van der Waals surface area (Å²) in [6, 6.07) is 1.78. The van der Waals surface area contributed by atoms with Crippen LogP contribution in [0.4, 0.5) is 22.7 Å². The lowest BCUT2D eigenvalue weighted by Crippen LogP contribution is -2.52. The second kappa shape index (κ2) is 8.67. The van der Waals surface area contributed by atoms with Crippen molar-refractivity contribution in [1.29, 1.82) is 0 Å². The Hall–Kier alpha value is -3.30. The molecule has 2 aliphatic rings. The number of rotatable bonds is 5. The fourth-order valence-electron chi connectivity index (χ4n) is 4.14. The summed E-state index contributed by atoms with van der Waals surface area (Å²) in [4.78, 5) is 36.6. The number of fused-ring (bicyclic) bond motifs is 2. The molecule has 0 saturated carbocycles. The van der Waals surface area contributed by atoms with Crippen LogP contribution in [0.15, 0.2) is 23.1 Å². The van der Waals surface area contributed by atoms with Gasteiger partial charge in [0, 0.05) is 37.8 Å². The van der Waals surface area contributed by atoms with Crippen LogP contribution in [0.25, 0.3) is 10.2 Å². The average Bonchev–Trinajstić information content (AvgIpc) is 3.33. The van der Waals surface area contributed by atoms with Crippen molar-refractivity contribution in [3.8, 4) is 11.5 Å². The normalized spacial score (nSPS) is 21.4. The Balaban J connectivity index is 1.31. The highest BCUT2D eigenvalue weighted by molar-refractivity contribution is 7.22. The SMILES string of the molecule is C[C@@H](C(=O)Nc1nc2cc3c(cc2s1)OC(F)(F)O3)N1CCC(F)(F)[C@H](c2c[nH]c(=O)c(CO)n2)C1. The van der Waals surface area contributed by atoms with Gasteiger partial charge in [0.1, 0.15) is 5.69 Å². The molecule has 0 bridgehead atoms. The van der Waals surface area contributed by atoms with E-state index in [1.165, 1.54) is 12.1 Å². The van der Waals surface area contributed by atoms with E-state index in [4.69, 9.17) is 0 Å². The zero-order chi connectivity index (χ0) is 25.8. The number of carbonyl (C=O) groups is 1. The fraction of sp³-hybridized carbons (Fsp3) is 0.429. The number of hydrogen-bond acceptors (Lipinski definition) is 9. The summed E-state index contributed by atoms with van der Waals surface area (Å²) >= 11 is 1.03. The number of H-pyrrole nitrogens is 1. The molecule has 2 atom stereocenters. The molecule has 0 spiro atoms. The highest BCUT2D eigenvalue weighted by Crippen LogP contribution is 2.45. The predicted molar refractivity (Wildman–Crippen MR) is 119 cm³/mol. The van der Waals surface area contributed by atoms with Gasteiger partial charge < -0.3 is 24.9 Å². The standard InChI is InChI=1S/C21H19F4N5O5S/c1-9(30-3-2-20(22,23)10(7-30)12-6-26-18(33)13(8-31)27-12)17(32)29-19-28-11-4-14-15(5-16(11)36-19)35-21(24,25)34-14/h4-6,9-10,31H,2-3,7-8H2,1H3,(H,26,33)(H,28,29,32)/t9-,10-/m0/s1. The van der Waals surface area contributed by atoms with E-state index in [2.05, 4.69) is 29.7 Å². The summed E-state index contributed by atoms with van der Waals surface area (Å²) in [5.41, 5.74) is -0.717. The molecule has 3 aromatic rings. The number of nitrogens with zero attached hydrogens (tertiary/aromatic N) is 3. The number of aromatic amines is 1. The van der Waals surface area contributed by atoms with Crippen LogP contribution in [0.5, 0.6) is 11.5 Å². The summed E-state index contributed by atoms with van der Waals surface area (Å²) in [5, 5.41) is 12.1. The summed E-state index contributed by atoms with van der Waals surface area (Å²) in [6.07, 6.45) is -3.20. The molecular weight excluding hydrogens is 510 g/mol. The molecule has 36 heavy (non-hydrogen) atoms. The third-order valence-electron chi connectivity index (χ3n) is 6.11. The number of nitrogens with one attached hydrogen (secondary N) is 2. The van der Waals surface area contributed by atoms with Gasteiger partial charge >= 0.3 is 6.29 Å². The van der Waals surface area contributed by atoms with Crippen LogP contribution in [0, 0.1) is 0 Å². The lowest BCUT2D eigenvalue weighted by molar-refractivity contribution is -0.286. The van der Waals surface area contributed by atoms with Crippen molar-refractivity contribution >= 4 is 32.6 Å². The van der Waals surface area contributed by atoms with E-state index in [9.17, 15) is 32.3 Å². The average molecular weight is 529 g/mol. The number of anilines is 1. The highest BCUT2D eigenvalue weighted by Gasteiger charge is 2.47. The number of aliphatic hydroxyl groups is 1.